The Kier molecular flexibility index (Phi) is 3.09. The summed E-state index contributed by atoms with van der Waals surface area (Å²) in [5.74, 6) is 0.454. The summed E-state index contributed by atoms with van der Waals surface area (Å²) in [4.78, 5) is 11.4. The fourth-order valence-electron chi connectivity index (χ4n) is 2.28. The van der Waals surface area contributed by atoms with Crippen molar-refractivity contribution in [3.05, 3.63) is 29.8 Å². The highest BCUT2D eigenvalue weighted by Gasteiger charge is 2.47. The molecule has 0 heterocycles. The maximum Gasteiger partial charge on any atom is 0.309 e. The molecule has 0 saturated heterocycles. The van der Waals surface area contributed by atoms with Gasteiger partial charge < -0.3 is 9.84 Å². The topological polar surface area (TPSA) is 46.5 Å². The lowest BCUT2D eigenvalue weighted by Gasteiger charge is -2.24. The molecule has 1 aliphatic carbocycles. The second-order valence-electron chi connectivity index (χ2n) is 5.02. The maximum absolute atomic E-state index is 11.4. The first-order chi connectivity index (χ1) is 8.06. The van der Waals surface area contributed by atoms with Gasteiger partial charge in [0.1, 0.15) is 5.75 Å². The van der Waals surface area contributed by atoms with E-state index in [0.29, 0.717) is 12.3 Å². The van der Waals surface area contributed by atoms with Crippen molar-refractivity contribution in [3.8, 4) is 5.75 Å². The molecule has 1 aromatic rings. The lowest BCUT2D eigenvalue weighted by atomic mass is 9.79. The van der Waals surface area contributed by atoms with Crippen molar-refractivity contribution in [2.24, 2.45) is 11.3 Å². The van der Waals surface area contributed by atoms with Crippen LogP contribution >= 0.6 is 0 Å². The van der Waals surface area contributed by atoms with Crippen molar-refractivity contribution >= 4 is 5.97 Å². The molecule has 1 aliphatic rings. The maximum atomic E-state index is 11.4. The van der Waals surface area contributed by atoms with Gasteiger partial charge in [0.05, 0.1) is 12.5 Å². The van der Waals surface area contributed by atoms with Crippen LogP contribution in [0.3, 0.4) is 0 Å². The van der Waals surface area contributed by atoms with Crippen molar-refractivity contribution in [2.75, 3.05) is 7.11 Å². The van der Waals surface area contributed by atoms with Gasteiger partial charge in [-0.05, 0) is 49.8 Å². The Morgan fingerprint density at radius 3 is 2.41 bits per heavy atom. The van der Waals surface area contributed by atoms with E-state index in [1.165, 1.54) is 0 Å². The van der Waals surface area contributed by atoms with Crippen LogP contribution in [0.2, 0.25) is 0 Å². The predicted octanol–water partition coefficient (Wildman–Crippen LogP) is 2.74. The van der Waals surface area contributed by atoms with Crippen molar-refractivity contribution in [1.29, 1.82) is 0 Å². The van der Waals surface area contributed by atoms with Gasteiger partial charge in [-0.1, -0.05) is 12.1 Å². The largest absolute Gasteiger partial charge is 0.497 e. The minimum atomic E-state index is -0.684. The van der Waals surface area contributed by atoms with Crippen LogP contribution in [-0.4, -0.2) is 18.2 Å². The first-order valence-corrected chi connectivity index (χ1v) is 5.92. The average Bonchev–Trinajstić information content (AvgIpc) is 3.13. The number of hydrogen-bond acceptors (Lipinski definition) is 2. The summed E-state index contributed by atoms with van der Waals surface area (Å²) in [6, 6.07) is 7.65. The number of ether oxygens (including phenoxy) is 1. The summed E-state index contributed by atoms with van der Waals surface area (Å²) >= 11 is 0. The molecular weight excluding hydrogens is 216 g/mol. The monoisotopic (exact) mass is 234 g/mol. The number of aliphatic carboxylic acids is 1. The minimum absolute atomic E-state index is 0.335. The van der Waals surface area contributed by atoms with Gasteiger partial charge in [-0.25, -0.2) is 0 Å². The number of carbonyl (C=O) groups is 1. The van der Waals surface area contributed by atoms with Crippen LogP contribution in [-0.2, 0) is 11.2 Å². The fraction of sp³-hybridized carbons (Fsp3) is 0.500. The molecule has 17 heavy (non-hydrogen) atoms. The highest BCUT2D eigenvalue weighted by Crippen LogP contribution is 2.47. The van der Waals surface area contributed by atoms with Crippen molar-refractivity contribution < 1.29 is 14.6 Å². The zero-order valence-corrected chi connectivity index (χ0v) is 10.3. The Morgan fingerprint density at radius 1 is 1.41 bits per heavy atom. The lowest BCUT2D eigenvalue weighted by Crippen LogP contribution is -2.32. The summed E-state index contributed by atoms with van der Waals surface area (Å²) in [5, 5.41) is 9.38. The Labute approximate surface area is 101 Å². The molecule has 92 valence electrons. The number of carboxylic acids is 1. The van der Waals surface area contributed by atoms with Gasteiger partial charge in [-0.15, -0.1) is 0 Å². The molecule has 1 N–H and O–H groups in total. The van der Waals surface area contributed by atoms with Gasteiger partial charge in [0, 0.05) is 0 Å². The van der Waals surface area contributed by atoms with E-state index in [2.05, 4.69) is 0 Å². The van der Waals surface area contributed by atoms with E-state index >= 15 is 0 Å². The molecule has 0 aliphatic heterocycles. The molecule has 0 amide bonds. The summed E-state index contributed by atoms with van der Waals surface area (Å²) in [5.41, 5.74) is 0.441. The molecule has 0 bridgehead atoms. The first-order valence-electron chi connectivity index (χ1n) is 5.92. The zero-order chi connectivity index (χ0) is 12.5. The highest BCUT2D eigenvalue weighted by molar-refractivity contribution is 5.75. The van der Waals surface area contributed by atoms with Crippen LogP contribution < -0.4 is 4.74 Å². The van der Waals surface area contributed by atoms with E-state index in [4.69, 9.17) is 4.74 Å². The summed E-state index contributed by atoms with van der Waals surface area (Å²) in [6.45, 7) is 1.86. The van der Waals surface area contributed by atoms with Gasteiger partial charge in [-0.2, -0.15) is 0 Å². The molecule has 0 spiro atoms. The SMILES string of the molecule is COc1ccc(CC(C)(C(=O)O)C2CC2)cc1. The highest BCUT2D eigenvalue weighted by atomic mass is 16.5. The van der Waals surface area contributed by atoms with Gasteiger partial charge in [0.25, 0.3) is 0 Å². The molecule has 3 nitrogen and oxygen atoms in total. The Balaban J connectivity index is 2.14. The third-order valence-electron chi connectivity index (χ3n) is 3.70. The Morgan fingerprint density at radius 2 is 2.00 bits per heavy atom. The summed E-state index contributed by atoms with van der Waals surface area (Å²) in [7, 11) is 1.63. The van der Waals surface area contributed by atoms with E-state index in [-0.39, 0.29) is 0 Å². The smallest absolute Gasteiger partial charge is 0.309 e. The molecule has 3 heteroatoms. The molecular formula is C14H18O3. The number of rotatable bonds is 5. The third kappa shape index (κ3) is 2.43. The standard InChI is InChI=1S/C14H18O3/c1-14(13(15)16,11-5-6-11)9-10-3-7-12(17-2)8-4-10/h3-4,7-8,11H,5-6,9H2,1-2H3,(H,15,16). The molecule has 1 fully saturated rings. The van der Waals surface area contributed by atoms with Crippen LogP contribution in [0, 0.1) is 11.3 Å². The normalized spacial score (nSPS) is 18.5. The number of methoxy groups -OCH3 is 1. The second-order valence-corrected chi connectivity index (χ2v) is 5.02. The first kappa shape index (κ1) is 12.0. The molecule has 0 radical (unpaired) electrons. The van der Waals surface area contributed by atoms with Crippen molar-refractivity contribution in [3.63, 3.8) is 0 Å². The van der Waals surface area contributed by atoms with Gasteiger partial charge in [0.2, 0.25) is 0 Å². The second kappa shape index (κ2) is 4.40. The molecule has 2 rings (SSSR count). The number of hydrogen-bond donors (Lipinski definition) is 1. The van der Waals surface area contributed by atoms with E-state index in [1.807, 2.05) is 31.2 Å². The van der Waals surface area contributed by atoms with E-state index in [9.17, 15) is 9.90 Å². The quantitative estimate of drug-likeness (QED) is 0.852. The van der Waals surface area contributed by atoms with Gasteiger partial charge in [0.15, 0.2) is 0 Å². The van der Waals surface area contributed by atoms with Crippen LogP contribution in [0.5, 0.6) is 5.75 Å². The fourth-order valence-corrected chi connectivity index (χ4v) is 2.28. The van der Waals surface area contributed by atoms with Gasteiger partial charge >= 0.3 is 5.97 Å². The van der Waals surface area contributed by atoms with Crippen LogP contribution in [0.15, 0.2) is 24.3 Å². The molecule has 0 aromatic heterocycles. The van der Waals surface area contributed by atoms with E-state index in [1.54, 1.807) is 7.11 Å². The molecule has 1 saturated carbocycles. The molecule has 1 aromatic carbocycles. The Hall–Kier alpha value is -1.51. The van der Waals surface area contributed by atoms with Crippen molar-refractivity contribution in [2.45, 2.75) is 26.2 Å². The number of carboxylic acid groups (broad SMARTS) is 1. The number of benzene rings is 1. The lowest BCUT2D eigenvalue weighted by molar-refractivity contribution is -0.149. The van der Waals surface area contributed by atoms with E-state index < -0.39 is 11.4 Å². The average molecular weight is 234 g/mol. The minimum Gasteiger partial charge on any atom is -0.497 e. The molecule has 1 unspecified atom stereocenters. The van der Waals surface area contributed by atoms with Crippen LogP contribution in [0.25, 0.3) is 0 Å². The van der Waals surface area contributed by atoms with Crippen molar-refractivity contribution in [1.82, 2.24) is 0 Å². The van der Waals surface area contributed by atoms with E-state index in [0.717, 1.165) is 24.2 Å². The van der Waals surface area contributed by atoms with Crippen LogP contribution in [0.4, 0.5) is 0 Å². The van der Waals surface area contributed by atoms with Crippen LogP contribution in [0.1, 0.15) is 25.3 Å². The predicted molar refractivity (Wildman–Crippen MR) is 65.2 cm³/mol. The Bertz CT molecular complexity index is 406. The van der Waals surface area contributed by atoms with Gasteiger partial charge in [-0.3, -0.25) is 4.79 Å². The zero-order valence-electron chi connectivity index (χ0n) is 10.3. The molecule has 1 atom stereocenters. The third-order valence-corrected chi connectivity index (χ3v) is 3.70. The summed E-state index contributed by atoms with van der Waals surface area (Å²) in [6.07, 6.45) is 2.68. The summed E-state index contributed by atoms with van der Waals surface area (Å²) < 4.78 is 5.09.